The van der Waals surface area contributed by atoms with E-state index in [1.165, 1.54) is 12.7 Å². The van der Waals surface area contributed by atoms with Crippen molar-refractivity contribution in [3.05, 3.63) is 72.6 Å². The first kappa shape index (κ1) is 21.7. The van der Waals surface area contributed by atoms with Gasteiger partial charge in [-0.15, -0.1) is 0 Å². The first-order chi connectivity index (χ1) is 15.7. The minimum atomic E-state index is -0.355. The van der Waals surface area contributed by atoms with E-state index in [-0.39, 0.29) is 30.2 Å². The lowest BCUT2D eigenvalue weighted by Crippen LogP contribution is -2.41. The number of benzene rings is 1. The van der Waals surface area contributed by atoms with Crippen LogP contribution in [0.1, 0.15) is 41.6 Å². The van der Waals surface area contributed by atoms with Crippen LogP contribution in [0.25, 0.3) is 0 Å². The summed E-state index contributed by atoms with van der Waals surface area (Å²) >= 11 is 0. The predicted octanol–water partition coefficient (Wildman–Crippen LogP) is 3.85. The summed E-state index contributed by atoms with van der Waals surface area (Å²) in [5, 5.41) is 5.69. The molecule has 168 valence electrons. The molecule has 0 bridgehead atoms. The zero-order chi connectivity index (χ0) is 22.2. The number of piperidine rings is 1. The summed E-state index contributed by atoms with van der Waals surface area (Å²) in [6.07, 6.45) is 6.65. The molecule has 1 unspecified atom stereocenters. The molecular formula is C24H27N3O5. The summed E-state index contributed by atoms with van der Waals surface area (Å²) < 4.78 is 16.3. The summed E-state index contributed by atoms with van der Waals surface area (Å²) in [4.78, 5) is 26.9. The van der Waals surface area contributed by atoms with Crippen molar-refractivity contribution < 1.29 is 23.2 Å². The average Bonchev–Trinajstić information content (AvgIpc) is 3.54. The fraction of sp³-hybridized carbons (Fsp3) is 0.333. The minimum absolute atomic E-state index is 0.00870. The summed E-state index contributed by atoms with van der Waals surface area (Å²) in [5.41, 5.74) is 0.548. The van der Waals surface area contributed by atoms with Gasteiger partial charge >= 0.3 is 0 Å². The van der Waals surface area contributed by atoms with Gasteiger partial charge in [-0.2, -0.15) is 0 Å². The maximum atomic E-state index is 12.4. The van der Waals surface area contributed by atoms with Crippen LogP contribution in [0.15, 0.2) is 69.9 Å². The van der Waals surface area contributed by atoms with Crippen molar-refractivity contribution >= 4 is 17.5 Å². The summed E-state index contributed by atoms with van der Waals surface area (Å²) in [6.45, 7) is 2.32. The largest absolute Gasteiger partial charge is 0.484 e. The number of hydrogen-bond acceptors (Lipinski definition) is 6. The highest BCUT2D eigenvalue weighted by molar-refractivity contribution is 6.02. The Kier molecular flexibility index (Phi) is 7.24. The molecule has 2 aromatic heterocycles. The van der Waals surface area contributed by atoms with Crippen molar-refractivity contribution in [1.82, 2.24) is 10.2 Å². The number of likely N-dealkylation sites (tertiary alicyclic amines) is 1. The Morgan fingerprint density at radius 3 is 2.56 bits per heavy atom. The molecule has 0 spiro atoms. The van der Waals surface area contributed by atoms with Gasteiger partial charge in [0.25, 0.3) is 11.8 Å². The van der Waals surface area contributed by atoms with E-state index in [1.807, 2.05) is 12.1 Å². The van der Waals surface area contributed by atoms with Gasteiger partial charge in [0.15, 0.2) is 12.4 Å². The van der Waals surface area contributed by atoms with Crippen molar-refractivity contribution in [1.29, 1.82) is 0 Å². The molecule has 4 rings (SSSR count). The van der Waals surface area contributed by atoms with E-state index in [2.05, 4.69) is 15.5 Å². The third-order valence-electron chi connectivity index (χ3n) is 5.40. The van der Waals surface area contributed by atoms with Crippen LogP contribution in [-0.2, 0) is 4.79 Å². The lowest BCUT2D eigenvalue weighted by atomic mass is 10.1. The SMILES string of the molecule is O=C(COc1cccc(NC(=O)c2ccco2)c1)NCC(c1ccco1)N1CCCCC1. The van der Waals surface area contributed by atoms with Gasteiger partial charge in [-0.1, -0.05) is 12.5 Å². The van der Waals surface area contributed by atoms with Crippen LogP contribution in [0.4, 0.5) is 5.69 Å². The number of ether oxygens (including phenoxy) is 1. The molecule has 2 amide bonds. The maximum absolute atomic E-state index is 12.4. The van der Waals surface area contributed by atoms with Crippen LogP contribution in [0.5, 0.6) is 5.75 Å². The van der Waals surface area contributed by atoms with Gasteiger partial charge < -0.3 is 24.2 Å². The smallest absolute Gasteiger partial charge is 0.291 e. The van der Waals surface area contributed by atoms with E-state index in [0.717, 1.165) is 31.7 Å². The number of nitrogens with one attached hydrogen (secondary N) is 2. The number of nitrogens with zero attached hydrogens (tertiary/aromatic N) is 1. The third-order valence-corrected chi connectivity index (χ3v) is 5.40. The molecule has 0 aliphatic carbocycles. The van der Waals surface area contributed by atoms with Gasteiger partial charge in [0, 0.05) is 18.3 Å². The van der Waals surface area contributed by atoms with E-state index < -0.39 is 0 Å². The highest BCUT2D eigenvalue weighted by Crippen LogP contribution is 2.24. The molecule has 32 heavy (non-hydrogen) atoms. The van der Waals surface area contributed by atoms with Crippen LogP contribution in [0.2, 0.25) is 0 Å². The molecule has 1 aromatic carbocycles. The number of rotatable bonds is 9. The Balaban J connectivity index is 1.28. The second kappa shape index (κ2) is 10.7. The summed E-state index contributed by atoms with van der Waals surface area (Å²) in [7, 11) is 0. The number of furan rings is 2. The molecule has 1 aliphatic heterocycles. The van der Waals surface area contributed by atoms with E-state index in [1.54, 1.807) is 42.7 Å². The first-order valence-corrected chi connectivity index (χ1v) is 10.8. The molecule has 0 radical (unpaired) electrons. The first-order valence-electron chi connectivity index (χ1n) is 10.8. The zero-order valence-electron chi connectivity index (χ0n) is 17.8. The third kappa shape index (κ3) is 5.79. The number of anilines is 1. The highest BCUT2D eigenvalue weighted by atomic mass is 16.5. The molecule has 1 saturated heterocycles. The van der Waals surface area contributed by atoms with Gasteiger partial charge in [0.2, 0.25) is 0 Å². The van der Waals surface area contributed by atoms with Crippen molar-refractivity contribution in [3.63, 3.8) is 0 Å². The normalized spacial score (nSPS) is 15.1. The van der Waals surface area contributed by atoms with Crippen molar-refractivity contribution in [2.24, 2.45) is 0 Å². The molecule has 3 aromatic rings. The topological polar surface area (TPSA) is 96.9 Å². The molecule has 8 heteroatoms. The Morgan fingerprint density at radius 2 is 1.81 bits per heavy atom. The Morgan fingerprint density at radius 1 is 1.00 bits per heavy atom. The van der Waals surface area contributed by atoms with Crippen molar-refractivity contribution in [2.75, 3.05) is 31.6 Å². The molecular weight excluding hydrogens is 410 g/mol. The summed E-state index contributed by atoms with van der Waals surface area (Å²) in [6, 6.07) is 13.9. The Labute approximate surface area is 186 Å². The highest BCUT2D eigenvalue weighted by Gasteiger charge is 2.25. The molecule has 1 atom stereocenters. The van der Waals surface area contributed by atoms with Crippen molar-refractivity contribution in [2.45, 2.75) is 25.3 Å². The van der Waals surface area contributed by atoms with Crippen LogP contribution in [0.3, 0.4) is 0 Å². The number of carbonyl (C=O) groups excluding carboxylic acids is 2. The van der Waals surface area contributed by atoms with E-state index >= 15 is 0 Å². The lowest BCUT2D eigenvalue weighted by molar-refractivity contribution is -0.123. The van der Waals surface area contributed by atoms with Gasteiger partial charge in [0.05, 0.1) is 18.6 Å². The molecule has 3 heterocycles. The number of carbonyl (C=O) groups is 2. The Hall–Kier alpha value is -3.52. The molecule has 1 aliphatic rings. The second-order valence-corrected chi connectivity index (χ2v) is 7.68. The minimum Gasteiger partial charge on any atom is -0.484 e. The monoisotopic (exact) mass is 437 g/mol. The molecule has 2 N–H and O–H groups in total. The van der Waals surface area contributed by atoms with Crippen molar-refractivity contribution in [3.8, 4) is 5.75 Å². The van der Waals surface area contributed by atoms with Crippen LogP contribution in [-0.4, -0.2) is 43.0 Å². The quantitative estimate of drug-likeness (QED) is 0.528. The van der Waals surface area contributed by atoms with E-state index in [9.17, 15) is 9.59 Å². The van der Waals surface area contributed by atoms with Crippen LogP contribution >= 0.6 is 0 Å². The second-order valence-electron chi connectivity index (χ2n) is 7.68. The van der Waals surface area contributed by atoms with E-state index in [4.69, 9.17) is 13.6 Å². The zero-order valence-corrected chi connectivity index (χ0v) is 17.8. The summed E-state index contributed by atoms with van der Waals surface area (Å²) in [5.74, 6) is 0.981. The molecule has 0 saturated carbocycles. The van der Waals surface area contributed by atoms with Crippen LogP contribution in [0, 0.1) is 0 Å². The van der Waals surface area contributed by atoms with E-state index in [0.29, 0.717) is 18.0 Å². The maximum Gasteiger partial charge on any atom is 0.291 e. The fourth-order valence-electron chi connectivity index (χ4n) is 3.80. The van der Waals surface area contributed by atoms with Gasteiger partial charge in [-0.3, -0.25) is 14.5 Å². The van der Waals surface area contributed by atoms with Gasteiger partial charge in [0.1, 0.15) is 11.5 Å². The van der Waals surface area contributed by atoms with Gasteiger partial charge in [-0.25, -0.2) is 0 Å². The predicted molar refractivity (Wildman–Crippen MR) is 118 cm³/mol. The van der Waals surface area contributed by atoms with Gasteiger partial charge in [-0.05, 0) is 62.3 Å². The fourth-order valence-corrected chi connectivity index (χ4v) is 3.80. The standard InChI is InChI=1S/C24H27N3O5/c28-23(25-16-20(21-9-5-13-30-21)27-11-2-1-3-12-27)17-32-19-8-4-7-18(15-19)26-24(29)22-10-6-14-31-22/h4-10,13-15,20H,1-3,11-12,16-17H2,(H,25,28)(H,26,29). The Bertz CT molecular complexity index is 995. The molecule has 1 fully saturated rings. The average molecular weight is 437 g/mol. The lowest BCUT2D eigenvalue weighted by Gasteiger charge is -2.33. The molecule has 8 nitrogen and oxygen atoms in total. The number of amides is 2. The van der Waals surface area contributed by atoms with Crippen LogP contribution < -0.4 is 15.4 Å². The number of hydrogen-bond donors (Lipinski definition) is 2.